The van der Waals surface area contributed by atoms with Gasteiger partial charge in [0.1, 0.15) is 6.61 Å². The summed E-state index contributed by atoms with van der Waals surface area (Å²) in [5.74, 6) is 1.65. The molecule has 0 radical (unpaired) electrons. The summed E-state index contributed by atoms with van der Waals surface area (Å²) in [5.41, 5.74) is 2.45. The van der Waals surface area contributed by atoms with Gasteiger partial charge < -0.3 is 14.8 Å². The van der Waals surface area contributed by atoms with Crippen molar-refractivity contribution >= 4 is 0 Å². The van der Waals surface area contributed by atoms with E-state index in [0.717, 1.165) is 36.6 Å². The molecule has 0 aliphatic carbocycles. The van der Waals surface area contributed by atoms with E-state index in [2.05, 4.69) is 36.5 Å². The van der Waals surface area contributed by atoms with Crippen LogP contribution in [-0.2, 0) is 6.54 Å². The minimum Gasteiger partial charge on any atom is -0.485 e. The van der Waals surface area contributed by atoms with Crippen LogP contribution in [0.25, 0.3) is 0 Å². The fourth-order valence-corrected chi connectivity index (χ4v) is 2.44. The second-order valence-corrected chi connectivity index (χ2v) is 5.28. The van der Waals surface area contributed by atoms with Crippen molar-refractivity contribution in [3.63, 3.8) is 0 Å². The summed E-state index contributed by atoms with van der Waals surface area (Å²) < 4.78 is 11.8. The van der Waals surface area contributed by atoms with E-state index >= 15 is 0 Å². The Labute approximate surface area is 125 Å². The van der Waals surface area contributed by atoms with Crippen LogP contribution in [0.4, 0.5) is 0 Å². The lowest BCUT2D eigenvalue weighted by Gasteiger charge is -2.26. The van der Waals surface area contributed by atoms with E-state index in [0.29, 0.717) is 6.61 Å². The summed E-state index contributed by atoms with van der Waals surface area (Å²) in [4.78, 5) is 0. The largest absolute Gasteiger partial charge is 0.485 e. The van der Waals surface area contributed by atoms with E-state index in [-0.39, 0.29) is 6.10 Å². The minimum absolute atomic E-state index is 0.0300. The van der Waals surface area contributed by atoms with Crippen LogP contribution in [-0.4, -0.2) is 13.2 Å². The molecular formula is C18H21NO2. The molecule has 0 bridgehead atoms. The number of hydrogen-bond acceptors (Lipinski definition) is 3. The van der Waals surface area contributed by atoms with Gasteiger partial charge in [0, 0.05) is 6.54 Å². The number of ether oxygens (including phenoxy) is 2. The zero-order valence-corrected chi connectivity index (χ0v) is 12.3. The van der Waals surface area contributed by atoms with E-state index in [4.69, 9.17) is 9.47 Å². The van der Waals surface area contributed by atoms with Gasteiger partial charge in [-0.3, -0.25) is 0 Å². The van der Waals surface area contributed by atoms with Gasteiger partial charge in [0.05, 0.1) is 0 Å². The summed E-state index contributed by atoms with van der Waals surface area (Å²) >= 11 is 0. The van der Waals surface area contributed by atoms with Crippen LogP contribution in [0.1, 0.15) is 30.6 Å². The van der Waals surface area contributed by atoms with E-state index in [1.54, 1.807) is 0 Å². The molecular weight excluding hydrogens is 262 g/mol. The zero-order valence-electron chi connectivity index (χ0n) is 12.3. The number of nitrogens with one attached hydrogen (secondary N) is 1. The van der Waals surface area contributed by atoms with E-state index in [9.17, 15) is 0 Å². The summed E-state index contributed by atoms with van der Waals surface area (Å²) in [7, 11) is 0. The van der Waals surface area contributed by atoms with E-state index in [1.165, 1.54) is 5.56 Å². The van der Waals surface area contributed by atoms with Gasteiger partial charge in [0.15, 0.2) is 17.6 Å². The highest BCUT2D eigenvalue weighted by Gasteiger charge is 2.21. The third-order valence-electron chi connectivity index (χ3n) is 3.62. The summed E-state index contributed by atoms with van der Waals surface area (Å²) in [6.45, 7) is 4.70. The second-order valence-electron chi connectivity index (χ2n) is 5.28. The quantitative estimate of drug-likeness (QED) is 0.849. The number of fused-ring (bicyclic) bond motifs is 1. The van der Waals surface area contributed by atoms with Gasteiger partial charge in [0.25, 0.3) is 0 Å². The number of rotatable bonds is 5. The molecule has 1 aliphatic heterocycles. The predicted octanol–water partition coefficient (Wildman–Crippen LogP) is 3.70. The molecule has 3 rings (SSSR count). The van der Waals surface area contributed by atoms with Crippen molar-refractivity contribution in [2.75, 3.05) is 13.2 Å². The number of benzene rings is 2. The molecule has 0 amide bonds. The Balaban J connectivity index is 1.65. The lowest BCUT2D eigenvalue weighted by atomic mass is 10.1. The Hall–Kier alpha value is -2.00. The Bertz CT molecular complexity index is 580. The van der Waals surface area contributed by atoms with Gasteiger partial charge in [-0.05, 0) is 36.2 Å². The molecule has 1 heterocycles. The van der Waals surface area contributed by atoms with Crippen LogP contribution in [0.5, 0.6) is 11.5 Å². The van der Waals surface area contributed by atoms with Crippen molar-refractivity contribution in [3.8, 4) is 11.5 Å². The minimum atomic E-state index is -0.0300. The van der Waals surface area contributed by atoms with Crippen molar-refractivity contribution in [2.24, 2.45) is 0 Å². The lowest BCUT2D eigenvalue weighted by molar-refractivity contribution is 0.0913. The third-order valence-corrected chi connectivity index (χ3v) is 3.62. The Morgan fingerprint density at radius 1 is 1.05 bits per heavy atom. The van der Waals surface area contributed by atoms with Crippen LogP contribution in [0.3, 0.4) is 0 Å². The van der Waals surface area contributed by atoms with Crippen LogP contribution in [0, 0.1) is 0 Å². The normalized spacial score (nSPS) is 16.7. The number of para-hydroxylation sites is 2. The van der Waals surface area contributed by atoms with Crippen molar-refractivity contribution < 1.29 is 9.47 Å². The predicted molar refractivity (Wildman–Crippen MR) is 83.7 cm³/mol. The molecule has 1 aliphatic rings. The molecule has 2 aromatic carbocycles. The maximum Gasteiger partial charge on any atom is 0.162 e. The van der Waals surface area contributed by atoms with Crippen molar-refractivity contribution in [3.05, 3.63) is 59.7 Å². The van der Waals surface area contributed by atoms with Gasteiger partial charge >= 0.3 is 0 Å². The third kappa shape index (κ3) is 3.37. The highest BCUT2D eigenvalue weighted by molar-refractivity contribution is 5.41. The molecule has 0 fully saturated rings. The van der Waals surface area contributed by atoms with Crippen molar-refractivity contribution in [2.45, 2.75) is 26.0 Å². The first kappa shape index (κ1) is 14.0. The summed E-state index contributed by atoms with van der Waals surface area (Å²) in [6, 6.07) is 16.4. The first-order valence-corrected chi connectivity index (χ1v) is 7.55. The molecule has 0 spiro atoms. The molecule has 2 aromatic rings. The average molecular weight is 283 g/mol. The topological polar surface area (TPSA) is 30.5 Å². The Morgan fingerprint density at radius 3 is 2.57 bits per heavy atom. The molecule has 1 N–H and O–H groups in total. The van der Waals surface area contributed by atoms with Crippen molar-refractivity contribution in [1.82, 2.24) is 5.32 Å². The highest BCUT2D eigenvalue weighted by Crippen LogP contribution is 2.35. The fraction of sp³-hybridized carbons (Fsp3) is 0.333. The zero-order chi connectivity index (χ0) is 14.5. The molecule has 1 atom stereocenters. The second kappa shape index (κ2) is 6.64. The molecule has 110 valence electrons. The molecule has 21 heavy (non-hydrogen) atoms. The van der Waals surface area contributed by atoms with Gasteiger partial charge in [-0.1, -0.05) is 43.3 Å². The van der Waals surface area contributed by atoms with Gasteiger partial charge in [-0.2, -0.15) is 0 Å². The average Bonchev–Trinajstić information content (AvgIpc) is 2.55. The van der Waals surface area contributed by atoms with Gasteiger partial charge in [-0.25, -0.2) is 0 Å². The van der Waals surface area contributed by atoms with Crippen molar-refractivity contribution in [1.29, 1.82) is 0 Å². The highest BCUT2D eigenvalue weighted by atomic mass is 16.6. The Kier molecular flexibility index (Phi) is 4.41. The summed E-state index contributed by atoms with van der Waals surface area (Å²) in [5, 5.41) is 3.41. The smallest absolute Gasteiger partial charge is 0.162 e. The Morgan fingerprint density at radius 2 is 1.81 bits per heavy atom. The molecule has 0 saturated carbocycles. The molecule has 0 aromatic heterocycles. The molecule has 3 nitrogen and oxygen atoms in total. The first-order chi connectivity index (χ1) is 10.4. The van der Waals surface area contributed by atoms with Crippen LogP contribution in [0.15, 0.2) is 48.5 Å². The molecule has 3 heteroatoms. The molecule has 0 saturated heterocycles. The summed E-state index contributed by atoms with van der Waals surface area (Å²) in [6.07, 6.45) is 1.13. The SMILES string of the molecule is CCCNCc1ccc(C2COc3ccccc3O2)cc1. The number of hydrogen-bond donors (Lipinski definition) is 1. The lowest BCUT2D eigenvalue weighted by Crippen LogP contribution is -2.21. The monoisotopic (exact) mass is 283 g/mol. The van der Waals surface area contributed by atoms with Gasteiger partial charge in [0.2, 0.25) is 0 Å². The fourth-order valence-electron chi connectivity index (χ4n) is 2.44. The van der Waals surface area contributed by atoms with E-state index in [1.807, 2.05) is 24.3 Å². The standard InChI is InChI=1S/C18H21NO2/c1-2-11-19-12-14-7-9-15(10-8-14)18-13-20-16-5-3-4-6-17(16)21-18/h3-10,18-19H,2,11-13H2,1H3. The molecule has 1 unspecified atom stereocenters. The maximum absolute atomic E-state index is 6.02. The van der Waals surface area contributed by atoms with Crippen LogP contribution < -0.4 is 14.8 Å². The van der Waals surface area contributed by atoms with Crippen LogP contribution in [0.2, 0.25) is 0 Å². The van der Waals surface area contributed by atoms with E-state index < -0.39 is 0 Å². The van der Waals surface area contributed by atoms with Crippen LogP contribution >= 0.6 is 0 Å². The first-order valence-electron chi connectivity index (χ1n) is 7.55. The maximum atomic E-state index is 6.02. The van der Waals surface area contributed by atoms with Gasteiger partial charge in [-0.15, -0.1) is 0 Å².